The van der Waals surface area contributed by atoms with Gasteiger partial charge in [0.15, 0.2) is 0 Å². The van der Waals surface area contributed by atoms with Crippen LogP contribution in [0.3, 0.4) is 0 Å². The van der Waals surface area contributed by atoms with Gasteiger partial charge in [0.2, 0.25) is 0 Å². The van der Waals surface area contributed by atoms with Crippen molar-refractivity contribution in [2.24, 2.45) is 0 Å². The van der Waals surface area contributed by atoms with Crippen LogP contribution >= 0.6 is 0 Å². The van der Waals surface area contributed by atoms with Gasteiger partial charge in [-0.3, -0.25) is 0 Å². The van der Waals surface area contributed by atoms with Crippen molar-refractivity contribution in [1.29, 1.82) is 0 Å². The van der Waals surface area contributed by atoms with Crippen molar-refractivity contribution in [1.82, 2.24) is 9.97 Å². The Morgan fingerprint density at radius 2 is 1.25 bits per heavy atom. The monoisotopic (exact) mass is 336 g/mol. The van der Waals surface area contributed by atoms with Crippen molar-refractivity contribution >= 4 is 0 Å². The van der Waals surface area contributed by atoms with Crippen molar-refractivity contribution in [2.45, 2.75) is 0 Å². The molecule has 0 saturated heterocycles. The van der Waals surface area contributed by atoms with E-state index >= 15 is 0 Å². The van der Waals surface area contributed by atoms with Crippen molar-refractivity contribution in [3.8, 4) is 0 Å². The van der Waals surface area contributed by atoms with E-state index in [-0.39, 0.29) is 39.0 Å². The second kappa shape index (κ2) is 10.8. The van der Waals surface area contributed by atoms with Gasteiger partial charge in [0, 0.05) is 19.5 Å². The fourth-order valence-electron chi connectivity index (χ4n) is 0.481. The summed E-state index contributed by atoms with van der Waals surface area (Å²) in [4.78, 5) is 5.47. The quantitative estimate of drug-likeness (QED) is 0.542. The molecule has 2 aromatic heterocycles. The maximum atomic E-state index is 2.74. The van der Waals surface area contributed by atoms with E-state index in [1.807, 2.05) is 36.7 Å². The number of rotatable bonds is 0. The molecule has 0 radical (unpaired) electrons. The molecule has 2 aromatic rings. The predicted octanol–water partition coefficient (Wildman–Crippen LogP) is 1.62. The van der Waals surface area contributed by atoms with E-state index in [0.717, 1.165) is 0 Å². The Balaban J connectivity index is 0. The van der Waals surface area contributed by atoms with E-state index in [1.165, 1.54) is 0 Å². The summed E-state index contributed by atoms with van der Waals surface area (Å²) < 4.78 is 0. The predicted molar refractivity (Wildman–Crippen MR) is 39.3 cm³/mol. The summed E-state index contributed by atoms with van der Waals surface area (Å²) in [5, 5.41) is 0. The first-order chi connectivity index (χ1) is 5.00. The van der Waals surface area contributed by atoms with Gasteiger partial charge in [-0.25, -0.2) is 0 Å². The summed E-state index contributed by atoms with van der Waals surface area (Å²) in [5.41, 5.74) is 0. The molecule has 0 saturated carbocycles. The SMILES string of the molecule is [Ru+2].[Ru].[c-]1ccc[nH]1.[c-]1ccc[nH]1. The molecule has 0 amide bonds. The number of hydrogen-bond donors (Lipinski definition) is 2. The molecule has 66 valence electrons. The van der Waals surface area contributed by atoms with Crippen molar-refractivity contribution < 1.29 is 39.0 Å². The fraction of sp³-hybridized carbons (Fsp3) is 0. The van der Waals surface area contributed by atoms with E-state index in [0.29, 0.717) is 0 Å². The van der Waals surface area contributed by atoms with Gasteiger partial charge in [-0.05, 0) is 0 Å². The summed E-state index contributed by atoms with van der Waals surface area (Å²) in [6, 6.07) is 7.42. The van der Waals surface area contributed by atoms with Gasteiger partial charge in [0.1, 0.15) is 0 Å². The molecule has 2 rings (SSSR count). The minimum absolute atomic E-state index is 0. The second-order valence-corrected chi connectivity index (χ2v) is 1.63. The van der Waals surface area contributed by atoms with E-state index in [1.54, 1.807) is 0 Å². The van der Waals surface area contributed by atoms with Gasteiger partial charge in [-0.1, -0.05) is 0 Å². The van der Waals surface area contributed by atoms with Crippen LogP contribution in [0.25, 0.3) is 0 Å². The molecule has 0 fully saturated rings. The van der Waals surface area contributed by atoms with Crippen molar-refractivity contribution in [3.63, 3.8) is 0 Å². The molecule has 2 heterocycles. The average molecular weight is 334 g/mol. The molecule has 12 heavy (non-hydrogen) atoms. The third-order valence-corrected chi connectivity index (χ3v) is 0.885. The number of hydrogen-bond acceptors (Lipinski definition) is 0. The van der Waals surface area contributed by atoms with Gasteiger partial charge in [-0.15, -0.1) is 12.4 Å². The zero-order valence-electron chi connectivity index (χ0n) is 6.17. The Kier molecular flexibility index (Phi) is 12.9. The van der Waals surface area contributed by atoms with Crippen molar-refractivity contribution in [2.75, 3.05) is 0 Å². The molecule has 0 aromatic carbocycles. The Morgan fingerprint density at radius 1 is 0.833 bits per heavy atom. The Hall–Kier alpha value is -0.193. The molecule has 0 aliphatic carbocycles. The minimum Gasteiger partial charge on any atom is -0.484 e. The molecule has 4 heteroatoms. The zero-order chi connectivity index (χ0) is 7.07. The maximum Gasteiger partial charge on any atom is 2.00 e. The number of nitrogens with one attached hydrogen (secondary N) is 2. The van der Waals surface area contributed by atoms with Crippen LogP contribution in [0, 0.1) is 12.4 Å². The average Bonchev–Trinajstić information content (AvgIpc) is 2.67. The van der Waals surface area contributed by atoms with Crippen LogP contribution in [0.5, 0.6) is 0 Å². The van der Waals surface area contributed by atoms with Crippen LogP contribution in [-0.4, -0.2) is 9.97 Å². The standard InChI is InChI=1S/2C4H4N.2Ru/c2*1-2-4-5-3-1;;/h2*1-3,5H;;/q2*-1;;+2. The van der Waals surface area contributed by atoms with Crippen molar-refractivity contribution in [3.05, 3.63) is 49.1 Å². The van der Waals surface area contributed by atoms with Crippen LogP contribution in [0.15, 0.2) is 36.7 Å². The zero-order valence-corrected chi connectivity index (χ0v) is 9.65. The summed E-state index contributed by atoms with van der Waals surface area (Å²) in [7, 11) is 0. The molecule has 0 atom stereocenters. The first-order valence-corrected chi connectivity index (χ1v) is 2.99. The van der Waals surface area contributed by atoms with E-state index in [9.17, 15) is 0 Å². The van der Waals surface area contributed by atoms with Gasteiger partial charge in [0.25, 0.3) is 0 Å². The normalized spacial score (nSPS) is 6.67. The Morgan fingerprint density at radius 3 is 1.33 bits per heavy atom. The minimum atomic E-state index is 0. The first-order valence-electron chi connectivity index (χ1n) is 2.99. The summed E-state index contributed by atoms with van der Waals surface area (Å²) >= 11 is 0. The summed E-state index contributed by atoms with van der Waals surface area (Å²) in [6.07, 6.45) is 9.11. The fourth-order valence-corrected chi connectivity index (χ4v) is 0.481. The van der Waals surface area contributed by atoms with Crippen LogP contribution in [-0.2, 0) is 39.0 Å². The van der Waals surface area contributed by atoms with Crippen LogP contribution in [0.2, 0.25) is 0 Å². The van der Waals surface area contributed by atoms with Crippen LogP contribution in [0.4, 0.5) is 0 Å². The van der Waals surface area contributed by atoms with Gasteiger partial charge in [-0.2, -0.15) is 36.7 Å². The maximum absolute atomic E-state index is 2.74. The van der Waals surface area contributed by atoms with E-state index < -0.39 is 0 Å². The molecule has 0 bridgehead atoms. The first kappa shape index (κ1) is 14.3. The molecule has 0 spiro atoms. The number of H-pyrrole nitrogens is 2. The largest absolute Gasteiger partial charge is 2.00 e. The van der Waals surface area contributed by atoms with Gasteiger partial charge < -0.3 is 9.97 Å². The molecule has 2 N–H and O–H groups in total. The van der Waals surface area contributed by atoms with E-state index in [4.69, 9.17) is 0 Å². The molecule has 0 aliphatic heterocycles. The molecule has 2 nitrogen and oxygen atoms in total. The third-order valence-electron chi connectivity index (χ3n) is 0.885. The van der Waals surface area contributed by atoms with Crippen LogP contribution < -0.4 is 0 Å². The molecular formula is C8H8N2Ru2. The molecule has 0 aliphatic rings. The second-order valence-electron chi connectivity index (χ2n) is 1.63. The van der Waals surface area contributed by atoms with Gasteiger partial charge >= 0.3 is 19.5 Å². The Bertz CT molecular complexity index is 154. The van der Waals surface area contributed by atoms with Crippen LogP contribution in [0.1, 0.15) is 0 Å². The third kappa shape index (κ3) is 7.91. The number of aromatic nitrogens is 2. The topological polar surface area (TPSA) is 31.6 Å². The summed E-state index contributed by atoms with van der Waals surface area (Å²) in [5.74, 6) is 0. The van der Waals surface area contributed by atoms with Gasteiger partial charge in [0.05, 0.1) is 0 Å². The molecule has 0 unspecified atom stereocenters. The Labute approximate surface area is 97.7 Å². The number of aromatic amines is 2. The smallest absolute Gasteiger partial charge is 0.484 e. The summed E-state index contributed by atoms with van der Waals surface area (Å²) in [6.45, 7) is 0. The van der Waals surface area contributed by atoms with E-state index in [2.05, 4.69) is 22.4 Å². The molecular weight excluding hydrogens is 326 g/mol.